The first-order valence-corrected chi connectivity index (χ1v) is 9.79. The van der Waals surface area contributed by atoms with Crippen LogP contribution in [-0.4, -0.2) is 50.2 Å². The second kappa shape index (κ2) is 12.9. The first-order valence-electron chi connectivity index (χ1n) is 9.79. The van der Waals surface area contributed by atoms with E-state index in [2.05, 4.69) is 10.1 Å². The predicted octanol–water partition coefficient (Wildman–Crippen LogP) is 1.57. The lowest BCUT2D eigenvalue weighted by Gasteiger charge is -2.18. The lowest BCUT2D eigenvalue weighted by molar-refractivity contribution is -0.158. The minimum absolute atomic E-state index is 0.0881. The van der Waals surface area contributed by atoms with Crippen molar-refractivity contribution in [2.75, 3.05) is 20.3 Å². The van der Waals surface area contributed by atoms with Crippen LogP contribution in [0.15, 0.2) is 54.6 Å². The number of carbonyl (C=O) groups is 4. The van der Waals surface area contributed by atoms with Crippen LogP contribution in [0.1, 0.15) is 18.1 Å². The number of benzene rings is 2. The Kier molecular flexibility index (Phi) is 9.86. The van der Waals surface area contributed by atoms with Gasteiger partial charge in [-0.05, 0) is 23.3 Å². The van der Waals surface area contributed by atoms with Crippen molar-refractivity contribution in [3.05, 3.63) is 65.7 Å². The van der Waals surface area contributed by atoms with Gasteiger partial charge in [0.05, 0.1) is 13.7 Å². The van der Waals surface area contributed by atoms with E-state index in [1.807, 2.05) is 30.3 Å². The van der Waals surface area contributed by atoms with Crippen LogP contribution in [0.2, 0.25) is 0 Å². The Morgan fingerprint density at radius 1 is 0.906 bits per heavy atom. The number of hydrogen-bond donors (Lipinski definition) is 1. The van der Waals surface area contributed by atoms with E-state index in [4.69, 9.17) is 14.2 Å². The third kappa shape index (κ3) is 8.97. The molecule has 0 aliphatic heterocycles. The summed E-state index contributed by atoms with van der Waals surface area (Å²) in [6.45, 7) is 0.693. The van der Waals surface area contributed by atoms with Crippen molar-refractivity contribution >= 4 is 23.8 Å². The van der Waals surface area contributed by atoms with Gasteiger partial charge >= 0.3 is 17.9 Å². The summed E-state index contributed by atoms with van der Waals surface area (Å²) in [4.78, 5) is 47.1. The van der Waals surface area contributed by atoms with Gasteiger partial charge in [-0.25, -0.2) is 9.59 Å². The molecule has 0 saturated carbocycles. The smallest absolute Gasteiger partial charge is 0.344 e. The molecule has 0 spiro atoms. The van der Waals surface area contributed by atoms with E-state index in [1.54, 1.807) is 24.3 Å². The summed E-state index contributed by atoms with van der Waals surface area (Å²) in [5.74, 6) is -2.14. The van der Waals surface area contributed by atoms with Crippen LogP contribution >= 0.6 is 0 Å². The zero-order valence-corrected chi connectivity index (χ0v) is 17.9. The minimum atomic E-state index is -1.06. The highest BCUT2D eigenvalue weighted by Gasteiger charge is 2.24. The zero-order valence-electron chi connectivity index (χ0n) is 17.9. The van der Waals surface area contributed by atoms with Crippen LogP contribution in [0.4, 0.5) is 0 Å². The number of nitrogens with one attached hydrogen (secondary N) is 1. The monoisotopic (exact) mass is 443 g/mol. The van der Waals surface area contributed by atoms with Crippen molar-refractivity contribution in [1.29, 1.82) is 0 Å². The van der Waals surface area contributed by atoms with Crippen molar-refractivity contribution in [3.8, 4) is 5.75 Å². The van der Waals surface area contributed by atoms with Gasteiger partial charge in [0.25, 0.3) is 0 Å². The molecule has 32 heavy (non-hydrogen) atoms. The van der Waals surface area contributed by atoms with Gasteiger partial charge in [0.1, 0.15) is 18.4 Å². The van der Waals surface area contributed by atoms with Crippen LogP contribution in [0.25, 0.3) is 0 Å². The number of ether oxygens (including phenoxy) is 4. The number of esters is 3. The molecule has 0 fully saturated rings. The number of carbonyl (C=O) groups excluding carboxylic acids is 4. The molecule has 9 nitrogen and oxygen atoms in total. The Labute approximate surface area is 185 Å². The fraction of sp³-hybridized carbons (Fsp3) is 0.304. The second-order valence-electron chi connectivity index (χ2n) is 6.72. The van der Waals surface area contributed by atoms with E-state index in [0.717, 1.165) is 5.56 Å². The molecule has 1 unspecified atom stereocenters. The van der Waals surface area contributed by atoms with Crippen LogP contribution < -0.4 is 10.1 Å². The summed E-state index contributed by atoms with van der Waals surface area (Å²) in [6.07, 6.45) is 0.0881. The predicted molar refractivity (Wildman–Crippen MR) is 112 cm³/mol. The maximum absolute atomic E-state index is 12.5. The Morgan fingerprint density at radius 3 is 2.22 bits per heavy atom. The Morgan fingerprint density at radius 2 is 1.59 bits per heavy atom. The molecule has 9 heteroatoms. The number of rotatable bonds is 11. The quantitative estimate of drug-likeness (QED) is 0.411. The first-order chi connectivity index (χ1) is 15.4. The van der Waals surface area contributed by atoms with E-state index in [0.29, 0.717) is 11.3 Å². The fourth-order valence-electron chi connectivity index (χ4n) is 2.65. The number of hydrogen-bond acceptors (Lipinski definition) is 8. The highest BCUT2D eigenvalue weighted by molar-refractivity contribution is 5.86. The highest BCUT2D eigenvalue weighted by atomic mass is 16.6. The minimum Gasteiger partial charge on any atom is -0.466 e. The maximum atomic E-state index is 12.5. The normalized spacial score (nSPS) is 11.2. The molecule has 2 aromatic rings. The van der Waals surface area contributed by atoms with Gasteiger partial charge in [-0.2, -0.15) is 0 Å². The average molecular weight is 443 g/mol. The van der Waals surface area contributed by atoms with Gasteiger partial charge in [-0.3, -0.25) is 9.59 Å². The molecule has 0 heterocycles. The van der Waals surface area contributed by atoms with Gasteiger partial charge in [-0.15, -0.1) is 0 Å². The molecule has 0 saturated heterocycles. The Bertz CT molecular complexity index is 911. The molecule has 2 rings (SSSR count). The average Bonchev–Trinajstić information content (AvgIpc) is 2.78. The van der Waals surface area contributed by atoms with Crippen molar-refractivity contribution in [2.24, 2.45) is 0 Å². The molecule has 1 N–H and O–H groups in total. The molecular formula is C23H25NO8. The molecule has 0 radical (unpaired) electrons. The SMILES string of the molecule is COC(=O)COC(=O)C(Cc1ccc(OC(C)=O)cc1)NC(=O)COCc1ccccc1. The van der Waals surface area contributed by atoms with Gasteiger partial charge in [0.2, 0.25) is 5.91 Å². The maximum Gasteiger partial charge on any atom is 0.344 e. The largest absolute Gasteiger partial charge is 0.466 e. The Balaban J connectivity index is 1.97. The van der Waals surface area contributed by atoms with Gasteiger partial charge < -0.3 is 24.3 Å². The first kappa shape index (κ1) is 24.5. The molecule has 2 aromatic carbocycles. The lowest BCUT2D eigenvalue weighted by atomic mass is 10.1. The third-order valence-electron chi connectivity index (χ3n) is 4.15. The van der Waals surface area contributed by atoms with E-state index >= 15 is 0 Å². The molecule has 0 bridgehead atoms. The number of methoxy groups -OCH3 is 1. The molecule has 170 valence electrons. The van der Waals surface area contributed by atoms with E-state index in [1.165, 1.54) is 14.0 Å². The van der Waals surface area contributed by atoms with Crippen molar-refractivity contribution in [2.45, 2.75) is 26.0 Å². The lowest BCUT2D eigenvalue weighted by Crippen LogP contribution is -2.45. The number of amides is 1. The zero-order chi connectivity index (χ0) is 23.3. The van der Waals surface area contributed by atoms with Crippen molar-refractivity contribution in [3.63, 3.8) is 0 Å². The standard InChI is InChI=1S/C23H25NO8/c1-16(25)32-19-10-8-17(9-11-19)12-20(23(28)31-15-22(27)29-2)24-21(26)14-30-13-18-6-4-3-5-7-18/h3-11,20H,12-15H2,1-2H3,(H,24,26). The van der Waals surface area contributed by atoms with E-state index in [-0.39, 0.29) is 19.6 Å². The van der Waals surface area contributed by atoms with E-state index in [9.17, 15) is 19.2 Å². The van der Waals surface area contributed by atoms with Gasteiger partial charge in [0.15, 0.2) is 6.61 Å². The summed E-state index contributed by atoms with van der Waals surface area (Å²) in [6, 6.07) is 14.7. The summed E-state index contributed by atoms with van der Waals surface area (Å²) in [5.41, 5.74) is 1.58. The molecule has 0 aromatic heterocycles. The molecule has 1 atom stereocenters. The van der Waals surface area contributed by atoms with Crippen LogP contribution in [-0.2, 0) is 46.4 Å². The summed E-state index contributed by atoms with van der Waals surface area (Å²) < 4.78 is 19.8. The summed E-state index contributed by atoms with van der Waals surface area (Å²) in [7, 11) is 1.17. The third-order valence-corrected chi connectivity index (χ3v) is 4.15. The summed E-state index contributed by atoms with van der Waals surface area (Å²) in [5, 5.41) is 2.56. The molecule has 0 aliphatic carbocycles. The van der Waals surface area contributed by atoms with Crippen LogP contribution in [0.3, 0.4) is 0 Å². The van der Waals surface area contributed by atoms with Gasteiger partial charge in [-0.1, -0.05) is 42.5 Å². The second-order valence-corrected chi connectivity index (χ2v) is 6.72. The van der Waals surface area contributed by atoms with Crippen molar-refractivity contribution < 1.29 is 38.1 Å². The molecule has 1 amide bonds. The van der Waals surface area contributed by atoms with E-state index < -0.39 is 36.5 Å². The van der Waals surface area contributed by atoms with Crippen LogP contribution in [0, 0.1) is 0 Å². The van der Waals surface area contributed by atoms with Crippen molar-refractivity contribution in [1.82, 2.24) is 5.32 Å². The van der Waals surface area contributed by atoms with Crippen LogP contribution in [0.5, 0.6) is 5.75 Å². The fourth-order valence-corrected chi connectivity index (χ4v) is 2.65. The molecule has 0 aliphatic rings. The van der Waals surface area contributed by atoms with Gasteiger partial charge in [0, 0.05) is 13.3 Å². The highest BCUT2D eigenvalue weighted by Crippen LogP contribution is 2.14. The Hall–Kier alpha value is -3.72. The molecular weight excluding hydrogens is 418 g/mol. The summed E-state index contributed by atoms with van der Waals surface area (Å²) >= 11 is 0. The topological polar surface area (TPSA) is 117 Å².